The molecule has 1 amide bonds. The lowest BCUT2D eigenvalue weighted by molar-refractivity contribution is 0.0940. The summed E-state index contributed by atoms with van der Waals surface area (Å²) in [4.78, 5) is 15.4. The van der Waals surface area contributed by atoms with E-state index >= 15 is 0 Å². The van der Waals surface area contributed by atoms with Crippen molar-refractivity contribution in [2.45, 2.75) is 53.1 Å². The molecule has 3 aromatic rings. The minimum Gasteiger partial charge on any atom is -0.371 e. The van der Waals surface area contributed by atoms with Crippen molar-refractivity contribution in [2.24, 2.45) is 5.92 Å². The first-order valence-corrected chi connectivity index (χ1v) is 15.2. The molecule has 2 unspecified atom stereocenters. The molecule has 0 aliphatic carbocycles. The summed E-state index contributed by atoms with van der Waals surface area (Å²) in [6.45, 7) is 10.5. The molecule has 4 rings (SSSR count). The quantitative estimate of drug-likeness (QED) is 0.386. The Balaban J connectivity index is 1.41. The summed E-state index contributed by atoms with van der Waals surface area (Å²) < 4.78 is 26.6. The van der Waals surface area contributed by atoms with Crippen LogP contribution in [0.5, 0.6) is 0 Å². The highest BCUT2D eigenvalue weighted by molar-refractivity contribution is 7.92. The number of benzene rings is 3. The van der Waals surface area contributed by atoms with Crippen molar-refractivity contribution in [3.8, 4) is 0 Å². The average molecular weight is 534 g/mol. The monoisotopic (exact) mass is 533 g/mol. The highest BCUT2D eigenvalue weighted by atomic mass is 32.2. The Bertz CT molecular complexity index is 1370. The number of hydrogen-bond donors (Lipinski definition) is 1. The van der Waals surface area contributed by atoms with Crippen LogP contribution in [0.4, 0.5) is 11.4 Å². The third kappa shape index (κ3) is 6.76. The Kier molecular flexibility index (Phi) is 8.46. The molecule has 38 heavy (non-hydrogen) atoms. The smallest absolute Gasteiger partial charge is 0.251 e. The Hall–Kier alpha value is -3.32. The summed E-state index contributed by atoms with van der Waals surface area (Å²) >= 11 is 0. The van der Waals surface area contributed by atoms with Gasteiger partial charge >= 0.3 is 0 Å². The van der Waals surface area contributed by atoms with Crippen LogP contribution < -0.4 is 14.5 Å². The predicted octanol–water partition coefficient (Wildman–Crippen LogP) is 6.00. The van der Waals surface area contributed by atoms with Gasteiger partial charge in [0.1, 0.15) is 0 Å². The van der Waals surface area contributed by atoms with Crippen molar-refractivity contribution in [1.29, 1.82) is 0 Å². The lowest BCUT2D eigenvalue weighted by Crippen LogP contribution is -2.34. The second-order valence-corrected chi connectivity index (χ2v) is 12.6. The minimum atomic E-state index is -3.49. The van der Waals surface area contributed by atoms with Gasteiger partial charge < -0.3 is 10.2 Å². The number of anilines is 2. The molecular weight excluding hydrogens is 494 g/mol. The number of hydrogen-bond acceptors (Lipinski definition) is 4. The first-order chi connectivity index (χ1) is 18.0. The van der Waals surface area contributed by atoms with Gasteiger partial charge in [0.15, 0.2) is 0 Å². The molecule has 1 heterocycles. The van der Waals surface area contributed by atoms with Gasteiger partial charge in [-0.25, -0.2) is 8.42 Å². The molecule has 0 spiro atoms. The fourth-order valence-electron chi connectivity index (χ4n) is 5.06. The van der Waals surface area contributed by atoms with Gasteiger partial charge in [-0.1, -0.05) is 43.3 Å². The lowest BCUT2D eigenvalue weighted by Gasteiger charge is -2.33. The van der Waals surface area contributed by atoms with Crippen LogP contribution in [0.3, 0.4) is 0 Å². The van der Waals surface area contributed by atoms with E-state index in [-0.39, 0.29) is 18.5 Å². The molecule has 3 aromatic carbocycles. The van der Waals surface area contributed by atoms with Crippen LogP contribution in [0.2, 0.25) is 0 Å². The lowest BCUT2D eigenvalue weighted by atomic mass is 9.99. The van der Waals surface area contributed by atoms with Crippen molar-refractivity contribution < 1.29 is 13.2 Å². The van der Waals surface area contributed by atoms with E-state index < -0.39 is 10.0 Å². The summed E-state index contributed by atoms with van der Waals surface area (Å²) in [6, 6.07) is 21.3. The number of amides is 1. The molecular formula is C31H39N3O3S. The standard InChI is InChI=1S/C31H39N3O3S/c1-22-8-9-24(3)30(19-22)34(38(5,36)37)21-26-10-12-28(13-11-26)31(35)32-25(4)27-14-16-29(17-15-27)33-18-6-7-23(2)20-33/h8-17,19,23,25H,6-7,18,20-21H2,1-5H3,(H,32,35). The van der Waals surface area contributed by atoms with E-state index in [1.54, 1.807) is 12.1 Å². The molecule has 1 N–H and O–H groups in total. The number of carbonyl (C=O) groups excluding carboxylic acids is 1. The van der Waals surface area contributed by atoms with E-state index in [2.05, 4.69) is 41.4 Å². The van der Waals surface area contributed by atoms with Crippen LogP contribution in [0.1, 0.15) is 65.3 Å². The van der Waals surface area contributed by atoms with Crippen LogP contribution in [0.25, 0.3) is 0 Å². The SMILES string of the molecule is Cc1ccc(C)c(N(Cc2ccc(C(=O)NC(C)c3ccc(N4CCCC(C)C4)cc3)cc2)S(C)(=O)=O)c1. The first-order valence-electron chi connectivity index (χ1n) is 13.3. The van der Waals surface area contributed by atoms with Crippen LogP contribution >= 0.6 is 0 Å². The third-order valence-electron chi connectivity index (χ3n) is 7.34. The largest absolute Gasteiger partial charge is 0.371 e. The van der Waals surface area contributed by atoms with Crippen LogP contribution in [0.15, 0.2) is 66.7 Å². The molecule has 202 valence electrons. The number of rotatable bonds is 8. The van der Waals surface area contributed by atoms with Gasteiger partial charge in [-0.2, -0.15) is 0 Å². The predicted molar refractivity (Wildman–Crippen MR) is 156 cm³/mol. The highest BCUT2D eigenvalue weighted by Crippen LogP contribution is 2.27. The zero-order valence-electron chi connectivity index (χ0n) is 23.1. The van der Waals surface area contributed by atoms with Crippen molar-refractivity contribution in [2.75, 3.05) is 28.6 Å². The molecule has 7 heteroatoms. The van der Waals surface area contributed by atoms with Crippen molar-refractivity contribution in [3.63, 3.8) is 0 Å². The maximum atomic E-state index is 12.9. The van der Waals surface area contributed by atoms with E-state index in [0.717, 1.165) is 35.3 Å². The zero-order chi connectivity index (χ0) is 27.4. The highest BCUT2D eigenvalue weighted by Gasteiger charge is 2.21. The number of nitrogens with zero attached hydrogens (tertiary/aromatic N) is 2. The molecule has 1 aliphatic heterocycles. The summed E-state index contributed by atoms with van der Waals surface area (Å²) in [5.41, 5.74) is 6.20. The van der Waals surface area contributed by atoms with Gasteiger partial charge in [0.25, 0.3) is 5.91 Å². The first kappa shape index (κ1) is 27.7. The van der Waals surface area contributed by atoms with Gasteiger partial charge in [0.05, 0.1) is 24.5 Å². The molecule has 1 fully saturated rings. The average Bonchev–Trinajstić information content (AvgIpc) is 2.88. The molecule has 2 atom stereocenters. The van der Waals surface area contributed by atoms with Gasteiger partial charge in [0, 0.05) is 24.3 Å². The van der Waals surface area contributed by atoms with E-state index in [9.17, 15) is 13.2 Å². The fourth-order valence-corrected chi connectivity index (χ4v) is 6.00. The van der Waals surface area contributed by atoms with Crippen molar-refractivity contribution in [1.82, 2.24) is 5.32 Å². The van der Waals surface area contributed by atoms with Gasteiger partial charge in [-0.05, 0) is 92.1 Å². The Morgan fingerprint density at radius 3 is 2.37 bits per heavy atom. The zero-order valence-corrected chi connectivity index (χ0v) is 23.9. The summed E-state index contributed by atoms with van der Waals surface area (Å²) in [5, 5.41) is 3.08. The molecule has 6 nitrogen and oxygen atoms in total. The molecule has 0 radical (unpaired) electrons. The Morgan fingerprint density at radius 2 is 1.74 bits per heavy atom. The topological polar surface area (TPSA) is 69.7 Å². The van der Waals surface area contributed by atoms with Crippen LogP contribution in [0, 0.1) is 19.8 Å². The summed E-state index contributed by atoms with van der Waals surface area (Å²) in [7, 11) is -3.49. The van der Waals surface area contributed by atoms with Gasteiger partial charge in [-0.3, -0.25) is 9.10 Å². The number of carbonyl (C=O) groups is 1. The van der Waals surface area contributed by atoms with Crippen molar-refractivity contribution >= 4 is 27.3 Å². The van der Waals surface area contributed by atoms with E-state index in [4.69, 9.17) is 0 Å². The normalized spacial score (nSPS) is 16.7. The van der Waals surface area contributed by atoms with E-state index in [0.29, 0.717) is 17.2 Å². The van der Waals surface area contributed by atoms with Gasteiger partial charge in [-0.15, -0.1) is 0 Å². The number of nitrogens with one attached hydrogen (secondary N) is 1. The second-order valence-electron chi connectivity index (χ2n) is 10.7. The molecule has 1 saturated heterocycles. The summed E-state index contributed by atoms with van der Waals surface area (Å²) in [6.07, 6.45) is 3.74. The number of sulfonamides is 1. The third-order valence-corrected chi connectivity index (χ3v) is 8.47. The molecule has 0 bridgehead atoms. The van der Waals surface area contributed by atoms with Crippen LogP contribution in [-0.2, 0) is 16.6 Å². The number of piperidine rings is 1. The van der Waals surface area contributed by atoms with E-state index in [1.165, 1.54) is 29.1 Å². The fraction of sp³-hybridized carbons (Fsp3) is 0.387. The Labute approximate surface area is 227 Å². The van der Waals surface area contributed by atoms with Gasteiger partial charge in [0.2, 0.25) is 10.0 Å². The molecule has 0 saturated carbocycles. The van der Waals surface area contributed by atoms with Crippen molar-refractivity contribution in [3.05, 3.63) is 94.5 Å². The molecule has 1 aliphatic rings. The maximum Gasteiger partial charge on any atom is 0.251 e. The molecule has 0 aromatic heterocycles. The maximum absolute atomic E-state index is 12.9. The summed E-state index contributed by atoms with van der Waals surface area (Å²) in [5.74, 6) is 0.557. The minimum absolute atomic E-state index is 0.137. The number of aryl methyl sites for hydroxylation is 2. The van der Waals surface area contributed by atoms with E-state index in [1.807, 2.05) is 51.1 Å². The van der Waals surface area contributed by atoms with Crippen LogP contribution in [-0.4, -0.2) is 33.7 Å². The Morgan fingerprint density at radius 1 is 1.05 bits per heavy atom. The second kappa shape index (κ2) is 11.6.